The van der Waals surface area contributed by atoms with Crippen molar-refractivity contribution in [3.05, 3.63) is 29.6 Å². The molecule has 1 aliphatic heterocycles. The fraction of sp³-hybridized carbons (Fsp3) is 0.529. The van der Waals surface area contributed by atoms with Crippen LogP contribution in [0.3, 0.4) is 0 Å². The van der Waals surface area contributed by atoms with E-state index in [2.05, 4.69) is 0 Å². The minimum Gasteiger partial charge on any atom is -0.494 e. The lowest BCUT2D eigenvalue weighted by atomic mass is 10.1. The molecule has 0 aliphatic carbocycles. The highest BCUT2D eigenvalue weighted by Gasteiger charge is 2.24. The molecule has 1 heterocycles. The molecule has 23 heavy (non-hydrogen) atoms. The van der Waals surface area contributed by atoms with E-state index in [0.29, 0.717) is 31.7 Å². The van der Waals surface area contributed by atoms with E-state index in [4.69, 9.17) is 4.74 Å². The van der Waals surface area contributed by atoms with Crippen molar-refractivity contribution >= 4 is 11.8 Å². The van der Waals surface area contributed by atoms with E-state index in [1.165, 1.54) is 19.2 Å². The minimum absolute atomic E-state index is 0.0482. The maximum Gasteiger partial charge on any atom is 0.254 e. The second-order valence-electron chi connectivity index (χ2n) is 5.98. The van der Waals surface area contributed by atoms with E-state index in [9.17, 15) is 14.0 Å². The Morgan fingerprint density at radius 3 is 2.39 bits per heavy atom. The van der Waals surface area contributed by atoms with E-state index >= 15 is 0 Å². The first kappa shape index (κ1) is 17.2. The molecule has 0 N–H and O–H groups in total. The van der Waals surface area contributed by atoms with Gasteiger partial charge in [0, 0.05) is 37.7 Å². The van der Waals surface area contributed by atoms with Crippen LogP contribution in [0.5, 0.6) is 5.75 Å². The Balaban J connectivity index is 2.06. The number of carbonyl (C=O) groups is 2. The predicted octanol–water partition coefficient (Wildman–Crippen LogP) is 2.16. The zero-order valence-electron chi connectivity index (χ0n) is 13.8. The van der Waals surface area contributed by atoms with Gasteiger partial charge in [-0.25, -0.2) is 4.39 Å². The van der Waals surface area contributed by atoms with Crippen LogP contribution in [0.25, 0.3) is 0 Å². The number of amides is 2. The van der Waals surface area contributed by atoms with Gasteiger partial charge in [0.05, 0.1) is 7.11 Å². The Morgan fingerprint density at radius 2 is 1.78 bits per heavy atom. The lowest BCUT2D eigenvalue weighted by molar-refractivity contribution is -0.134. The maximum absolute atomic E-state index is 13.8. The largest absolute Gasteiger partial charge is 0.494 e. The first-order valence-corrected chi connectivity index (χ1v) is 7.85. The molecule has 0 saturated carbocycles. The van der Waals surface area contributed by atoms with Crippen molar-refractivity contribution < 1.29 is 18.7 Å². The highest BCUT2D eigenvalue weighted by molar-refractivity contribution is 5.94. The molecule has 5 nitrogen and oxygen atoms in total. The number of hydrogen-bond donors (Lipinski definition) is 0. The molecule has 1 aromatic carbocycles. The SMILES string of the molecule is COc1ccc(C(=O)N2CCCN(C(=O)C(C)C)CC2)cc1F. The van der Waals surface area contributed by atoms with Crippen molar-refractivity contribution in [2.24, 2.45) is 5.92 Å². The van der Waals surface area contributed by atoms with Crippen LogP contribution in [0.2, 0.25) is 0 Å². The van der Waals surface area contributed by atoms with Gasteiger partial charge in [-0.2, -0.15) is 0 Å². The molecule has 2 amide bonds. The molecule has 2 rings (SSSR count). The number of methoxy groups -OCH3 is 1. The number of nitrogens with zero attached hydrogens (tertiary/aromatic N) is 2. The first-order valence-electron chi connectivity index (χ1n) is 7.85. The summed E-state index contributed by atoms with van der Waals surface area (Å²) in [5, 5.41) is 0. The molecule has 0 spiro atoms. The Morgan fingerprint density at radius 1 is 1.13 bits per heavy atom. The second-order valence-corrected chi connectivity index (χ2v) is 5.98. The third-order valence-electron chi connectivity index (χ3n) is 3.99. The Bertz CT molecular complexity index is 589. The molecule has 0 bridgehead atoms. The summed E-state index contributed by atoms with van der Waals surface area (Å²) in [7, 11) is 1.38. The Hall–Kier alpha value is -2.11. The molecule has 1 saturated heterocycles. The summed E-state index contributed by atoms with van der Waals surface area (Å²) >= 11 is 0. The van der Waals surface area contributed by atoms with E-state index in [0.717, 1.165) is 6.42 Å². The van der Waals surface area contributed by atoms with Gasteiger partial charge in [0.25, 0.3) is 5.91 Å². The number of benzene rings is 1. The molecular formula is C17H23FN2O3. The van der Waals surface area contributed by atoms with Crippen LogP contribution < -0.4 is 4.74 Å². The number of hydrogen-bond acceptors (Lipinski definition) is 3. The van der Waals surface area contributed by atoms with Gasteiger partial charge in [-0.1, -0.05) is 13.8 Å². The van der Waals surface area contributed by atoms with Crippen LogP contribution >= 0.6 is 0 Å². The van der Waals surface area contributed by atoms with Crippen LogP contribution in [-0.4, -0.2) is 54.9 Å². The van der Waals surface area contributed by atoms with Crippen LogP contribution in [0, 0.1) is 11.7 Å². The molecule has 126 valence electrons. The summed E-state index contributed by atoms with van der Waals surface area (Å²) in [5.74, 6) is -0.593. The summed E-state index contributed by atoms with van der Waals surface area (Å²) in [6.07, 6.45) is 0.725. The fourth-order valence-corrected chi connectivity index (χ4v) is 2.69. The van der Waals surface area contributed by atoms with Crippen LogP contribution in [0.1, 0.15) is 30.6 Å². The van der Waals surface area contributed by atoms with E-state index < -0.39 is 5.82 Å². The average Bonchev–Trinajstić information content (AvgIpc) is 2.79. The summed E-state index contributed by atoms with van der Waals surface area (Å²) < 4.78 is 18.6. The Labute approximate surface area is 136 Å². The fourth-order valence-electron chi connectivity index (χ4n) is 2.69. The molecular weight excluding hydrogens is 299 g/mol. The number of ether oxygens (including phenoxy) is 1. The summed E-state index contributed by atoms with van der Waals surface area (Å²) in [6, 6.07) is 4.21. The van der Waals surface area contributed by atoms with Crippen molar-refractivity contribution in [1.29, 1.82) is 0 Å². The summed E-state index contributed by atoms with van der Waals surface area (Å²) in [6.45, 7) is 5.94. The molecule has 1 aliphatic rings. The van der Waals surface area contributed by atoms with Crippen molar-refractivity contribution in [3.63, 3.8) is 0 Å². The second kappa shape index (κ2) is 7.44. The topological polar surface area (TPSA) is 49.9 Å². The van der Waals surface area contributed by atoms with Crippen molar-refractivity contribution in [1.82, 2.24) is 9.80 Å². The monoisotopic (exact) mass is 322 g/mol. The van der Waals surface area contributed by atoms with E-state index in [1.807, 2.05) is 13.8 Å². The molecule has 1 aromatic rings. The first-order chi connectivity index (χ1) is 10.9. The molecule has 0 unspecified atom stereocenters. The highest BCUT2D eigenvalue weighted by Crippen LogP contribution is 2.19. The lowest BCUT2D eigenvalue weighted by Crippen LogP contribution is -2.39. The summed E-state index contributed by atoms with van der Waals surface area (Å²) in [4.78, 5) is 28.1. The van der Waals surface area contributed by atoms with Crippen LogP contribution in [-0.2, 0) is 4.79 Å². The minimum atomic E-state index is -0.551. The van der Waals surface area contributed by atoms with Gasteiger partial charge in [0.2, 0.25) is 5.91 Å². The molecule has 0 atom stereocenters. The quantitative estimate of drug-likeness (QED) is 0.857. The van der Waals surface area contributed by atoms with Crippen molar-refractivity contribution in [3.8, 4) is 5.75 Å². The van der Waals surface area contributed by atoms with Crippen LogP contribution in [0.4, 0.5) is 4.39 Å². The smallest absolute Gasteiger partial charge is 0.254 e. The van der Waals surface area contributed by atoms with Gasteiger partial charge >= 0.3 is 0 Å². The third kappa shape index (κ3) is 4.00. The van der Waals surface area contributed by atoms with Gasteiger partial charge in [0.1, 0.15) is 0 Å². The van der Waals surface area contributed by atoms with Crippen molar-refractivity contribution in [2.45, 2.75) is 20.3 Å². The Kier molecular flexibility index (Phi) is 5.58. The molecule has 0 radical (unpaired) electrons. The number of rotatable bonds is 3. The van der Waals surface area contributed by atoms with Gasteiger partial charge in [-0.3, -0.25) is 9.59 Å². The highest BCUT2D eigenvalue weighted by atomic mass is 19.1. The molecule has 1 fully saturated rings. The zero-order chi connectivity index (χ0) is 17.0. The third-order valence-corrected chi connectivity index (χ3v) is 3.99. The predicted molar refractivity (Wildman–Crippen MR) is 84.9 cm³/mol. The van der Waals surface area contributed by atoms with E-state index in [-0.39, 0.29) is 23.5 Å². The van der Waals surface area contributed by atoms with Crippen molar-refractivity contribution in [2.75, 3.05) is 33.3 Å². The standard InChI is InChI=1S/C17H23FN2O3/c1-12(2)16(21)19-7-4-8-20(10-9-19)17(22)13-5-6-15(23-3)14(18)11-13/h5-6,11-12H,4,7-10H2,1-3H3. The average molecular weight is 322 g/mol. The number of carbonyl (C=O) groups excluding carboxylic acids is 2. The maximum atomic E-state index is 13.8. The summed E-state index contributed by atoms with van der Waals surface area (Å²) in [5.41, 5.74) is 0.298. The normalized spacial score (nSPS) is 15.5. The molecule has 0 aromatic heterocycles. The molecule has 6 heteroatoms. The van der Waals surface area contributed by atoms with Gasteiger partial charge in [-0.05, 0) is 24.6 Å². The lowest BCUT2D eigenvalue weighted by Gasteiger charge is -2.23. The van der Waals surface area contributed by atoms with Gasteiger partial charge in [-0.15, -0.1) is 0 Å². The van der Waals surface area contributed by atoms with E-state index in [1.54, 1.807) is 15.9 Å². The number of halogens is 1. The van der Waals surface area contributed by atoms with Gasteiger partial charge < -0.3 is 14.5 Å². The van der Waals surface area contributed by atoms with Crippen LogP contribution in [0.15, 0.2) is 18.2 Å². The zero-order valence-corrected chi connectivity index (χ0v) is 13.8. The van der Waals surface area contributed by atoms with Gasteiger partial charge in [0.15, 0.2) is 11.6 Å².